The average Bonchev–Trinajstić information content (AvgIpc) is 2.45. The number of nitrogens with zero attached hydrogens (tertiary/aromatic N) is 1. The second-order valence-corrected chi connectivity index (χ2v) is 5.62. The minimum Gasteiger partial charge on any atom is -0.480 e. The van der Waals surface area contributed by atoms with E-state index < -0.39 is 17.9 Å². The molecule has 108 valence electrons. The fraction of sp³-hybridized carbons (Fsp3) is 0.133. The van der Waals surface area contributed by atoms with Crippen LogP contribution in [0.3, 0.4) is 0 Å². The SMILES string of the molecule is C=C(Br)C[C@H](NC(=O)c1cnc2ccccc2c1)C(=O)O. The smallest absolute Gasteiger partial charge is 0.326 e. The number of para-hydroxylation sites is 1. The van der Waals surface area contributed by atoms with Crippen molar-refractivity contribution in [2.24, 2.45) is 0 Å². The summed E-state index contributed by atoms with van der Waals surface area (Å²) in [6.07, 6.45) is 1.54. The van der Waals surface area contributed by atoms with Gasteiger partial charge in [-0.2, -0.15) is 0 Å². The van der Waals surface area contributed by atoms with Gasteiger partial charge in [-0.15, -0.1) is 0 Å². The van der Waals surface area contributed by atoms with Crippen molar-refractivity contribution in [1.82, 2.24) is 10.3 Å². The molecule has 0 saturated carbocycles. The fourth-order valence-electron chi connectivity index (χ4n) is 1.86. The summed E-state index contributed by atoms with van der Waals surface area (Å²) in [6, 6.07) is 8.04. The van der Waals surface area contributed by atoms with Crippen LogP contribution < -0.4 is 5.32 Å². The minimum atomic E-state index is -1.11. The van der Waals surface area contributed by atoms with Gasteiger partial charge < -0.3 is 10.4 Å². The highest BCUT2D eigenvalue weighted by Crippen LogP contribution is 2.14. The van der Waals surface area contributed by atoms with Crippen molar-refractivity contribution < 1.29 is 14.7 Å². The lowest BCUT2D eigenvalue weighted by Crippen LogP contribution is -2.40. The van der Waals surface area contributed by atoms with Crippen LogP contribution in [0.15, 0.2) is 47.6 Å². The van der Waals surface area contributed by atoms with Gasteiger partial charge in [0.1, 0.15) is 6.04 Å². The maximum absolute atomic E-state index is 12.1. The standard InChI is InChI=1S/C15H13BrN2O3/c1-9(16)6-13(15(20)21)18-14(19)11-7-10-4-2-3-5-12(10)17-8-11/h2-5,7-8,13H,1,6H2,(H,18,19)(H,20,21)/t13-/m0/s1. The molecule has 1 atom stereocenters. The van der Waals surface area contributed by atoms with Gasteiger partial charge in [0, 0.05) is 18.0 Å². The highest BCUT2D eigenvalue weighted by molar-refractivity contribution is 9.11. The Labute approximate surface area is 129 Å². The molecule has 1 aromatic carbocycles. The van der Waals surface area contributed by atoms with Crippen LogP contribution in [0.1, 0.15) is 16.8 Å². The van der Waals surface area contributed by atoms with E-state index in [2.05, 4.69) is 32.8 Å². The summed E-state index contributed by atoms with van der Waals surface area (Å²) >= 11 is 3.10. The van der Waals surface area contributed by atoms with Gasteiger partial charge >= 0.3 is 5.97 Å². The number of carboxylic acids is 1. The van der Waals surface area contributed by atoms with E-state index in [0.29, 0.717) is 10.0 Å². The molecule has 1 heterocycles. The van der Waals surface area contributed by atoms with Crippen LogP contribution in [-0.2, 0) is 4.79 Å². The van der Waals surface area contributed by atoms with E-state index in [0.717, 1.165) is 10.9 Å². The summed E-state index contributed by atoms with van der Waals surface area (Å²) in [5.74, 6) is -1.59. The Hall–Kier alpha value is -2.21. The topological polar surface area (TPSA) is 79.3 Å². The van der Waals surface area contributed by atoms with E-state index in [1.165, 1.54) is 6.20 Å². The zero-order chi connectivity index (χ0) is 15.4. The molecule has 6 heteroatoms. The Morgan fingerprint density at radius 2 is 2.10 bits per heavy atom. The molecule has 0 bridgehead atoms. The Kier molecular flexibility index (Phi) is 4.70. The molecule has 0 spiro atoms. The number of halogens is 1. The van der Waals surface area contributed by atoms with Crippen LogP contribution in [0.2, 0.25) is 0 Å². The first-order chi connectivity index (χ1) is 9.97. The predicted molar refractivity (Wildman–Crippen MR) is 83.3 cm³/mol. The Balaban J connectivity index is 2.20. The number of carbonyl (C=O) groups is 2. The summed E-state index contributed by atoms with van der Waals surface area (Å²) in [7, 11) is 0. The quantitative estimate of drug-likeness (QED) is 0.870. The Bertz CT molecular complexity index is 715. The van der Waals surface area contributed by atoms with Gasteiger partial charge in [-0.05, 0) is 16.6 Å². The molecule has 2 rings (SSSR count). The third-order valence-corrected chi connectivity index (χ3v) is 3.21. The van der Waals surface area contributed by atoms with E-state index in [9.17, 15) is 9.59 Å². The van der Waals surface area contributed by atoms with Gasteiger partial charge in [-0.25, -0.2) is 4.79 Å². The molecule has 0 unspecified atom stereocenters. The van der Waals surface area contributed by atoms with Crippen LogP contribution in [-0.4, -0.2) is 28.0 Å². The first kappa shape index (κ1) is 15.2. The molecule has 1 amide bonds. The number of aromatic nitrogens is 1. The number of pyridine rings is 1. The van der Waals surface area contributed by atoms with Crippen molar-refractivity contribution >= 4 is 38.7 Å². The first-order valence-electron chi connectivity index (χ1n) is 6.19. The molecule has 2 aromatic rings. The van der Waals surface area contributed by atoms with Crippen molar-refractivity contribution in [3.63, 3.8) is 0 Å². The van der Waals surface area contributed by atoms with Crippen molar-refractivity contribution in [2.45, 2.75) is 12.5 Å². The van der Waals surface area contributed by atoms with Crippen molar-refractivity contribution in [3.8, 4) is 0 Å². The number of hydrogen-bond acceptors (Lipinski definition) is 3. The summed E-state index contributed by atoms with van der Waals surface area (Å²) in [6.45, 7) is 3.59. The molecule has 0 aliphatic carbocycles. The van der Waals surface area contributed by atoms with Gasteiger partial charge in [0.25, 0.3) is 5.91 Å². The number of nitrogens with one attached hydrogen (secondary N) is 1. The number of rotatable bonds is 5. The van der Waals surface area contributed by atoms with Gasteiger partial charge in [0.2, 0.25) is 0 Å². The minimum absolute atomic E-state index is 0.113. The first-order valence-corrected chi connectivity index (χ1v) is 6.98. The predicted octanol–water partition coefficient (Wildman–Crippen LogP) is 2.72. The molecular formula is C15H13BrN2O3. The van der Waals surface area contributed by atoms with Crippen LogP contribution in [0.5, 0.6) is 0 Å². The number of amides is 1. The zero-order valence-corrected chi connectivity index (χ0v) is 12.6. The molecule has 2 N–H and O–H groups in total. The number of aliphatic carboxylic acids is 1. The number of hydrogen-bond donors (Lipinski definition) is 2. The van der Waals surface area contributed by atoms with Crippen molar-refractivity contribution in [3.05, 3.63) is 53.2 Å². The molecule has 0 radical (unpaired) electrons. The molecule has 1 aromatic heterocycles. The van der Waals surface area contributed by atoms with Crippen molar-refractivity contribution in [1.29, 1.82) is 0 Å². The Morgan fingerprint density at radius 3 is 2.76 bits per heavy atom. The van der Waals surface area contributed by atoms with Crippen LogP contribution in [0, 0.1) is 0 Å². The molecule has 0 saturated heterocycles. The number of fused-ring (bicyclic) bond motifs is 1. The van der Waals surface area contributed by atoms with Gasteiger partial charge in [0.05, 0.1) is 11.1 Å². The molecule has 0 aliphatic heterocycles. The Morgan fingerprint density at radius 1 is 1.38 bits per heavy atom. The van der Waals surface area contributed by atoms with Gasteiger partial charge in [0.15, 0.2) is 0 Å². The average molecular weight is 349 g/mol. The van der Waals surface area contributed by atoms with Crippen LogP contribution >= 0.6 is 15.9 Å². The second kappa shape index (κ2) is 6.49. The van der Waals surface area contributed by atoms with Crippen LogP contribution in [0.4, 0.5) is 0 Å². The highest BCUT2D eigenvalue weighted by atomic mass is 79.9. The van der Waals surface area contributed by atoms with Gasteiger partial charge in [-0.3, -0.25) is 9.78 Å². The zero-order valence-electron chi connectivity index (χ0n) is 11.0. The summed E-state index contributed by atoms with van der Waals surface area (Å²) in [4.78, 5) is 27.4. The summed E-state index contributed by atoms with van der Waals surface area (Å²) in [5.41, 5.74) is 1.10. The monoisotopic (exact) mass is 348 g/mol. The molecule has 0 fully saturated rings. The lowest BCUT2D eigenvalue weighted by molar-refractivity contribution is -0.139. The highest BCUT2D eigenvalue weighted by Gasteiger charge is 2.21. The lowest BCUT2D eigenvalue weighted by atomic mass is 10.1. The molecule has 5 nitrogen and oxygen atoms in total. The summed E-state index contributed by atoms with van der Waals surface area (Å²) < 4.78 is 0.506. The van der Waals surface area contributed by atoms with E-state index in [1.54, 1.807) is 6.07 Å². The number of carboxylic acid groups (broad SMARTS) is 1. The maximum atomic E-state index is 12.1. The molecule has 21 heavy (non-hydrogen) atoms. The van der Waals surface area contributed by atoms with E-state index >= 15 is 0 Å². The van der Waals surface area contributed by atoms with Crippen LogP contribution in [0.25, 0.3) is 10.9 Å². The fourth-order valence-corrected chi connectivity index (χ4v) is 2.18. The van der Waals surface area contributed by atoms with E-state index in [-0.39, 0.29) is 6.42 Å². The van der Waals surface area contributed by atoms with E-state index in [4.69, 9.17) is 5.11 Å². The molecular weight excluding hydrogens is 336 g/mol. The van der Waals surface area contributed by atoms with Gasteiger partial charge in [-0.1, -0.05) is 40.7 Å². The number of carbonyl (C=O) groups excluding carboxylic acids is 1. The lowest BCUT2D eigenvalue weighted by Gasteiger charge is -2.14. The normalized spacial score (nSPS) is 11.9. The molecule has 0 aliphatic rings. The second-order valence-electron chi connectivity index (χ2n) is 4.50. The third kappa shape index (κ3) is 3.88. The maximum Gasteiger partial charge on any atom is 0.326 e. The number of benzene rings is 1. The third-order valence-electron chi connectivity index (χ3n) is 2.88. The largest absolute Gasteiger partial charge is 0.480 e. The van der Waals surface area contributed by atoms with Crippen molar-refractivity contribution in [2.75, 3.05) is 0 Å². The van der Waals surface area contributed by atoms with E-state index in [1.807, 2.05) is 24.3 Å². The summed E-state index contributed by atoms with van der Waals surface area (Å²) in [5, 5.41) is 12.4.